The van der Waals surface area contributed by atoms with Crippen LogP contribution in [0, 0.1) is 58.2 Å². The first-order valence-corrected chi connectivity index (χ1v) is 27.3. The molecule has 0 aliphatic heterocycles. The first-order chi connectivity index (χ1) is 34.8. The summed E-state index contributed by atoms with van der Waals surface area (Å²) < 4.78 is 12.0. The molecule has 0 bridgehead atoms. The Labute approximate surface area is 468 Å². The molecule has 4 saturated carbocycles. The number of halogens is 2. The number of allylic oxidation sites excluding steroid dienone is 1. The topological polar surface area (TPSA) is 168 Å². The summed E-state index contributed by atoms with van der Waals surface area (Å²) in [6.45, 7) is 12.4. The molecule has 74 heavy (non-hydrogen) atoms. The van der Waals surface area contributed by atoms with E-state index in [1.807, 2.05) is 6.08 Å². The zero-order valence-corrected chi connectivity index (χ0v) is 47.4. The van der Waals surface area contributed by atoms with Crippen molar-refractivity contribution >= 4 is 52.7 Å². The van der Waals surface area contributed by atoms with Crippen LogP contribution in [0.15, 0.2) is 78.9 Å². The van der Waals surface area contributed by atoms with Gasteiger partial charge < -0.3 is 29.9 Å². The Hall–Kier alpha value is -4.32. The fraction of sp³-hybridized carbons (Fsp3) is 0.508. The summed E-state index contributed by atoms with van der Waals surface area (Å²) in [4.78, 5) is 48.7. The Bertz CT molecular complexity index is 2590. The summed E-state index contributed by atoms with van der Waals surface area (Å²) in [5.74, 6) is 1.18. The van der Waals surface area contributed by atoms with Crippen molar-refractivity contribution in [2.45, 2.75) is 138 Å². The second-order valence-corrected chi connectivity index (χ2v) is 23.7. The van der Waals surface area contributed by atoms with E-state index in [0.29, 0.717) is 56.9 Å². The van der Waals surface area contributed by atoms with Crippen molar-refractivity contribution in [1.29, 1.82) is 0 Å². The first-order valence-electron chi connectivity index (χ1n) is 26.5. The van der Waals surface area contributed by atoms with Crippen LogP contribution in [0.3, 0.4) is 0 Å². The minimum absolute atomic E-state index is 0. The van der Waals surface area contributed by atoms with Gasteiger partial charge in [-0.05, 0) is 205 Å². The second kappa shape index (κ2) is 24.3. The smallest absolute Gasteiger partial charge is 0.486 e. The molecule has 0 aromatic heterocycles. The van der Waals surface area contributed by atoms with E-state index in [-0.39, 0.29) is 86.6 Å². The van der Waals surface area contributed by atoms with Crippen LogP contribution in [0.5, 0.6) is 11.5 Å². The average Bonchev–Trinajstić information content (AvgIpc) is 3.71. The maximum absolute atomic E-state index is 12.9. The molecule has 0 amide bonds. The van der Waals surface area contributed by atoms with Gasteiger partial charge in [-0.2, -0.15) is 0 Å². The van der Waals surface area contributed by atoms with Crippen molar-refractivity contribution in [3.63, 3.8) is 0 Å². The molecule has 4 aromatic carbocycles. The fourth-order valence-corrected chi connectivity index (χ4v) is 15.0. The molecular weight excluding hydrogens is 987 g/mol. The largest absolute Gasteiger partial charge is 1.00 e. The van der Waals surface area contributed by atoms with Gasteiger partial charge in [-0.3, -0.25) is 0 Å². The quantitative estimate of drug-likeness (QED) is 0.0626. The van der Waals surface area contributed by atoms with Gasteiger partial charge in [0.1, 0.15) is 24.3 Å². The maximum atomic E-state index is 12.9. The van der Waals surface area contributed by atoms with Gasteiger partial charge in [0.2, 0.25) is 0 Å². The second-order valence-electron chi connectivity index (χ2n) is 22.9. The van der Waals surface area contributed by atoms with Crippen molar-refractivity contribution in [2.24, 2.45) is 58.2 Å². The van der Waals surface area contributed by atoms with E-state index in [1.54, 1.807) is 36.4 Å². The van der Waals surface area contributed by atoms with E-state index in [0.717, 1.165) is 48.3 Å². The molecule has 4 aromatic rings. The van der Waals surface area contributed by atoms with Crippen molar-refractivity contribution in [2.75, 3.05) is 0 Å². The van der Waals surface area contributed by atoms with Crippen molar-refractivity contribution in [3.05, 3.63) is 133 Å². The molecule has 9 atom stereocenters. The number of hydrogen-bond acceptors (Lipinski definition) is 6. The van der Waals surface area contributed by atoms with Crippen LogP contribution in [-0.4, -0.2) is 44.3 Å². The molecule has 4 fully saturated rings. The minimum Gasteiger partial charge on any atom is -0.486 e. The third kappa shape index (κ3) is 12.4. The predicted molar refractivity (Wildman–Crippen MR) is 285 cm³/mol. The van der Waals surface area contributed by atoms with Gasteiger partial charge in [0.25, 0.3) is 0 Å². The molecule has 13 heteroatoms. The fourth-order valence-electron chi connectivity index (χ4n) is 14.4. The Morgan fingerprint density at radius 1 is 0.635 bits per heavy atom. The Balaban J connectivity index is 0.00000800. The average molecular weight is 1060 g/mol. The Morgan fingerprint density at radius 3 is 1.65 bits per heavy atom. The summed E-state index contributed by atoms with van der Waals surface area (Å²) in [6, 6.07) is 18.3. The van der Waals surface area contributed by atoms with Gasteiger partial charge in [-0.25, -0.2) is 19.2 Å². The van der Waals surface area contributed by atoms with Gasteiger partial charge in [0.15, 0.2) is 11.5 Å². The predicted octanol–water partition coefficient (Wildman–Crippen LogP) is 12.9. The number of carboxylic acid groups (broad SMARTS) is 4. The molecule has 4 aliphatic rings. The normalized spacial score (nSPS) is 25.4. The SMILES string of the molecule is CC(C)CCC[C@@H](C)[C@H]1CC[C@H]2[C@@H]3CC[C@H]4C[C@@H](CCC=C(c5cc(Cl)c(OCc6ccc(C(=O)O)cc6)c(C(=O)O)c5)c5cc(Cl)c(OCc6ccc(C(=O)O)cc6)c(C(=O)O)c5)CC[C@]4(C)[C@H]3CC[C@]12C.[Na+]. The molecule has 0 saturated heterocycles. The summed E-state index contributed by atoms with van der Waals surface area (Å²) >= 11 is 13.8. The zero-order chi connectivity index (χ0) is 52.4. The summed E-state index contributed by atoms with van der Waals surface area (Å²) in [7, 11) is 0. The van der Waals surface area contributed by atoms with Crippen LogP contribution in [-0.2, 0) is 13.2 Å². The van der Waals surface area contributed by atoms with E-state index in [9.17, 15) is 39.6 Å². The van der Waals surface area contributed by atoms with E-state index in [4.69, 9.17) is 32.7 Å². The minimum atomic E-state index is -1.29. The van der Waals surface area contributed by atoms with Crippen LogP contribution < -0.4 is 39.0 Å². The van der Waals surface area contributed by atoms with Crippen molar-refractivity contribution < 1.29 is 78.6 Å². The molecule has 0 unspecified atom stereocenters. The van der Waals surface area contributed by atoms with Crippen LogP contribution >= 0.6 is 23.2 Å². The third-order valence-electron chi connectivity index (χ3n) is 18.2. The van der Waals surface area contributed by atoms with E-state index in [2.05, 4.69) is 34.6 Å². The molecule has 0 radical (unpaired) electrons. The number of fused-ring (bicyclic) bond motifs is 5. The molecule has 390 valence electrons. The van der Waals surface area contributed by atoms with E-state index >= 15 is 0 Å². The molecule has 0 spiro atoms. The van der Waals surface area contributed by atoms with Gasteiger partial charge in [0, 0.05) is 0 Å². The summed E-state index contributed by atoms with van der Waals surface area (Å²) in [5, 5.41) is 39.8. The zero-order valence-electron chi connectivity index (χ0n) is 43.9. The number of rotatable bonds is 20. The van der Waals surface area contributed by atoms with Crippen LogP contribution in [0.2, 0.25) is 10.0 Å². The third-order valence-corrected chi connectivity index (χ3v) is 18.8. The van der Waals surface area contributed by atoms with Crippen molar-refractivity contribution in [1.82, 2.24) is 0 Å². The number of ether oxygens (including phenoxy) is 2. The summed E-state index contributed by atoms with van der Waals surface area (Å²) in [6.07, 6.45) is 19.3. The van der Waals surface area contributed by atoms with Crippen LogP contribution in [0.4, 0.5) is 0 Å². The number of hydrogen-bond donors (Lipinski definition) is 4. The van der Waals surface area contributed by atoms with Gasteiger partial charge in [0.05, 0.1) is 21.2 Å². The Kier molecular flexibility index (Phi) is 18.9. The molecule has 10 nitrogen and oxygen atoms in total. The molecular formula is C61H72Cl2NaO10+. The van der Waals surface area contributed by atoms with E-state index < -0.39 is 23.9 Å². The number of carbonyl (C=O) groups is 4. The molecule has 0 heterocycles. The van der Waals surface area contributed by atoms with Crippen molar-refractivity contribution in [3.8, 4) is 11.5 Å². The molecule has 4 aliphatic carbocycles. The monoisotopic (exact) mass is 1060 g/mol. The maximum Gasteiger partial charge on any atom is 1.00 e. The summed E-state index contributed by atoms with van der Waals surface area (Å²) in [5.41, 5.74) is 3.22. The number of aromatic carboxylic acids is 4. The van der Waals surface area contributed by atoms with Gasteiger partial charge in [-0.15, -0.1) is 0 Å². The van der Waals surface area contributed by atoms with Crippen LogP contribution in [0.25, 0.3) is 5.57 Å². The van der Waals surface area contributed by atoms with Gasteiger partial charge >= 0.3 is 53.4 Å². The van der Waals surface area contributed by atoms with Gasteiger partial charge in [-0.1, -0.05) is 107 Å². The van der Waals surface area contributed by atoms with Crippen LogP contribution in [0.1, 0.15) is 188 Å². The molecule has 8 rings (SSSR count). The first kappa shape index (κ1) is 57.4. The number of carboxylic acids is 4. The Morgan fingerprint density at radius 2 is 1.15 bits per heavy atom. The number of benzene rings is 4. The van der Waals surface area contributed by atoms with E-state index in [1.165, 1.54) is 107 Å². The standard InChI is InChI=1S/C61H72Cl2O10.Na/c1-35(2)8-6-9-36(3)49-22-23-50-46-21-20-44-28-37(24-26-60(44,4)51(46)25-27-61(49,50)5)10-7-11-45(42-29-47(58(68)69)54(52(62)31-42)72-33-38-12-16-40(17-13-38)56(64)65)43-30-48(59(70)71)55(53(63)32-43)73-34-39-14-18-41(19-15-39)57(66)67;/h11-19,29-32,35-37,44,46,49-51H,6-10,20-28,33-34H2,1-5H3,(H,64,65)(H,66,67)(H,68,69)(H,70,71);/q;+1/t36-,37+,44+,46+,49-,50+,51+,60+,61-;/m1./s1. The molecule has 4 N–H and O–H groups in total.